The van der Waals surface area contributed by atoms with Crippen LogP contribution in [0.5, 0.6) is 5.75 Å². The molecule has 0 fully saturated rings. The summed E-state index contributed by atoms with van der Waals surface area (Å²) in [4.78, 5) is 18.1. The highest BCUT2D eigenvalue weighted by Crippen LogP contribution is 2.30. The van der Waals surface area contributed by atoms with E-state index in [-0.39, 0.29) is 11.5 Å². The van der Waals surface area contributed by atoms with Gasteiger partial charge in [-0.15, -0.1) is 0 Å². The van der Waals surface area contributed by atoms with Crippen molar-refractivity contribution in [1.29, 1.82) is 0 Å². The Balaban J connectivity index is 1.59. The number of carbonyl (C=O) groups is 1. The quantitative estimate of drug-likeness (QED) is 0.134. The summed E-state index contributed by atoms with van der Waals surface area (Å²) in [6, 6.07) is 16.6. The van der Waals surface area contributed by atoms with Gasteiger partial charge < -0.3 is 20.6 Å². The summed E-state index contributed by atoms with van der Waals surface area (Å²) in [5.41, 5.74) is 2.51. The number of halogens is 1. The van der Waals surface area contributed by atoms with Gasteiger partial charge in [-0.05, 0) is 54.8 Å². The molecule has 7 nitrogen and oxygen atoms in total. The number of ether oxygens (including phenoxy) is 1. The summed E-state index contributed by atoms with van der Waals surface area (Å²) in [7, 11) is 0. The van der Waals surface area contributed by atoms with Gasteiger partial charge in [0.25, 0.3) is 5.91 Å². The Hall–Kier alpha value is -4.72. The number of nitrogens with zero attached hydrogens (tertiary/aromatic N) is 2. The first kappa shape index (κ1) is 26.3. The lowest BCUT2D eigenvalue weighted by Gasteiger charge is -2.24. The number of aromatic nitrogens is 1. The fourth-order valence-corrected chi connectivity index (χ4v) is 4.13. The minimum Gasteiger partial charge on any atom is -0.492 e. The minimum absolute atomic E-state index is 0.0727. The van der Waals surface area contributed by atoms with Crippen LogP contribution in [0.1, 0.15) is 28.0 Å². The average Bonchev–Trinajstić information content (AvgIpc) is 2.94. The zero-order valence-electron chi connectivity index (χ0n) is 20.8. The largest absolute Gasteiger partial charge is 0.492 e. The molecule has 0 spiro atoms. The molecule has 0 bridgehead atoms. The van der Waals surface area contributed by atoms with Crippen molar-refractivity contribution in [3.8, 4) is 5.75 Å². The zero-order chi connectivity index (χ0) is 26.7. The molecule has 38 heavy (non-hydrogen) atoms. The lowest BCUT2D eigenvalue weighted by atomic mass is 9.84. The number of hydrogen-bond donors (Lipinski definition) is 3. The number of allylic oxidation sites excluding steroid dienone is 5. The van der Waals surface area contributed by atoms with Gasteiger partial charge in [0.2, 0.25) is 0 Å². The van der Waals surface area contributed by atoms with Crippen molar-refractivity contribution in [2.45, 2.75) is 12.8 Å². The fraction of sp³-hybridized carbons (Fsp3) is 0.167. The van der Waals surface area contributed by atoms with Crippen LogP contribution in [0.3, 0.4) is 0 Å². The molecule has 1 unspecified atom stereocenters. The van der Waals surface area contributed by atoms with E-state index >= 15 is 0 Å². The lowest BCUT2D eigenvalue weighted by Crippen LogP contribution is -2.25. The van der Waals surface area contributed by atoms with Gasteiger partial charge in [0.15, 0.2) is 0 Å². The van der Waals surface area contributed by atoms with Gasteiger partial charge >= 0.3 is 0 Å². The highest BCUT2D eigenvalue weighted by Gasteiger charge is 2.27. The van der Waals surface area contributed by atoms with Crippen molar-refractivity contribution in [2.24, 2.45) is 11.1 Å². The van der Waals surface area contributed by atoms with Crippen LogP contribution in [-0.4, -0.2) is 35.0 Å². The molecule has 3 N–H and O–H groups in total. The molecular weight excluding hydrogens is 483 g/mol. The van der Waals surface area contributed by atoms with Gasteiger partial charge in [-0.3, -0.25) is 4.79 Å². The number of amides is 1. The van der Waals surface area contributed by atoms with Crippen molar-refractivity contribution in [3.63, 3.8) is 0 Å². The molecular formula is C30H29FN4O3. The van der Waals surface area contributed by atoms with Gasteiger partial charge in [-0.2, -0.15) is 0 Å². The summed E-state index contributed by atoms with van der Waals surface area (Å²) >= 11 is 0. The van der Waals surface area contributed by atoms with E-state index in [1.165, 1.54) is 24.3 Å². The monoisotopic (exact) mass is 512 g/mol. The van der Waals surface area contributed by atoms with E-state index in [1.807, 2.05) is 54.6 Å². The van der Waals surface area contributed by atoms with Crippen molar-refractivity contribution in [2.75, 3.05) is 23.8 Å². The van der Waals surface area contributed by atoms with E-state index in [9.17, 15) is 14.4 Å². The summed E-state index contributed by atoms with van der Waals surface area (Å²) in [6.45, 7) is 4.41. The molecule has 1 aromatic heterocycles. The van der Waals surface area contributed by atoms with Crippen LogP contribution < -0.4 is 15.4 Å². The fourth-order valence-electron chi connectivity index (χ4n) is 4.13. The van der Waals surface area contributed by atoms with Gasteiger partial charge in [-0.1, -0.05) is 60.3 Å². The number of benzene rings is 2. The molecule has 8 heteroatoms. The number of nitrogens with one attached hydrogen (secondary N) is 2. The van der Waals surface area contributed by atoms with Gasteiger partial charge in [0, 0.05) is 17.7 Å². The molecule has 0 saturated carbocycles. The van der Waals surface area contributed by atoms with Crippen LogP contribution in [0.25, 0.3) is 0 Å². The van der Waals surface area contributed by atoms with E-state index in [2.05, 4.69) is 22.4 Å². The highest BCUT2D eigenvalue weighted by atomic mass is 19.1. The molecule has 1 aliphatic carbocycles. The summed E-state index contributed by atoms with van der Waals surface area (Å²) in [5.74, 6) is 0.377. The SMILES string of the molecule is C=C/C=C\C=C\C1C/C(=N\O)c2cc(C(=O)Nc3ccc(F)cc3)c(NCCOc3ccccc3)nc2C1. The second-order valence-electron chi connectivity index (χ2n) is 8.65. The third-order valence-corrected chi connectivity index (χ3v) is 5.94. The zero-order valence-corrected chi connectivity index (χ0v) is 20.8. The highest BCUT2D eigenvalue weighted by molar-refractivity contribution is 6.10. The number of para-hydroxylation sites is 1. The Labute approximate surface area is 221 Å². The van der Waals surface area contributed by atoms with Gasteiger partial charge in [-0.25, -0.2) is 9.37 Å². The van der Waals surface area contributed by atoms with Crippen LogP contribution in [-0.2, 0) is 6.42 Å². The van der Waals surface area contributed by atoms with Crippen LogP contribution in [0.4, 0.5) is 15.9 Å². The molecule has 0 aliphatic heterocycles. The molecule has 0 saturated heterocycles. The van der Waals surface area contributed by atoms with Gasteiger partial charge in [0.1, 0.15) is 24.0 Å². The Morgan fingerprint density at radius 3 is 2.66 bits per heavy atom. The molecule has 1 aliphatic rings. The van der Waals surface area contributed by atoms with E-state index in [0.717, 1.165) is 11.4 Å². The topological polar surface area (TPSA) is 95.8 Å². The Morgan fingerprint density at radius 1 is 1.13 bits per heavy atom. The van der Waals surface area contributed by atoms with Crippen molar-refractivity contribution >= 4 is 23.1 Å². The second kappa shape index (κ2) is 13.0. The number of pyridine rings is 1. The maximum atomic E-state index is 13.3. The average molecular weight is 513 g/mol. The summed E-state index contributed by atoms with van der Waals surface area (Å²) in [6.07, 6.45) is 10.5. The normalized spacial score (nSPS) is 15.9. The first-order chi connectivity index (χ1) is 18.6. The predicted octanol–water partition coefficient (Wildman–Crippen LogP) is 6.00. The number of hydrogen-bond acceptors (Lipinski definition) is 6. The molecule has 1 amide bonds. The van der Waals surface area contributed by atoms with Crippen LogP contribution in [0.15, 0.2) is 103 Å². The third kappa shape index (κ3) is 6.94. The molecule has 4 rings (SSSR count). The van der Waals surface area contributed by atoms with Crippen molar-refractivity contribution in [1.82, 2.24) is 4.98 Å². The van der Waals surface area contributed by atoms with E-state index in [1.54, 1.807) is 12.1 Å². The van der Waals surface area contributed by atoms with Crippen molar-refractivity contribution < 1.29 is 19.1 Å². The van der Waals surface area contributed by atoms with Crippen LogP contribution in [0.2, 0.25) is 0 Å². The maximum Gasteiger partial charge on any atom is 0.259 e. The summed E-state index contributed by atoms with van der Waals surface area (Å²) < 4.78 is 19.1. The number of fused-ring (bicyclic) bond motifs is 1. The standard InChI is InChI=1S/C30H29FN4O3/c1-2-3-4-6-9-21-18-27-25(28(19-21)35-37)20-26(30(36)33-23-14-12-22(31)13-15-23)29(34-27)32-16-17-38-24-10-7-5-8-11-24/h2-15,20-21,37H,1,16-19H2,(H,32,34)(H,33,36)/b4-3-,9-6+,35-28+. The molecule has 194 valence electrons. The molecule has 2 aromatic carbocycles. The molecule has 3 aromatic rings. The first-order valence-corrected chi connectivity index (χ1v) is 12.3. The number of anilines is 2. The number of rotatable bonds is 10. The Morgan fingerprint density at radius 2 is 1.92 bits per heavy atom. The van der Waals surface area contributed by atoms with Crippen LogP contribution in [0, 0.1) is 11.7 Å². The van der Waals surface area contributed by atoms with E-state index in [0.29, 0.717) is 48.8 Å². The minimum atomic E-state index is -0.424. The second-order valence-corrected chi connectivity index (χ2v) is 8.65. The van der Waals surface area contributed by atoms with E-state index < -0.39 is 11.7 Å². The van der Waals surface area contributed by atoms with Crippen molar-refractivity contribution in [3.05, 3.63) is 120 Å². The summed E-state index contributed by atoms with van der Waals surface area (Å²) in [5, 5.41) is 19.3. The maximum absolute atomic E-state index is 13.3. The Bertz CT molecular complexity index is 1350. The van der Waals surface area contributed by atoms with Crippen LogP contribution >= 0.6 is 0 Å². The first-order valence-electron chi connectivity index (χ1n) is 12.3. The smallest absolute Gasteiger partial charge is 0.259 e. The molecule has 0 radical (unpaired) electrons. The van der Waals surface area contributed by atoms with Gasteiger partial charge in [0.05, 0.1) is 23.5 Å². The number of oxime groups is 1. The van der Waals surface area contributed by atoms with E-state index in [4.69, 9.17) is 9.72 Å². The lowest BCUT2D eigenvalue weighted by molar-refractivity contribution is 0.102. The molecule has 1 atom stereocenters. The molecule has 1 heterocycles. The third-order valence-electron chi connectivity index (χ3n) is 5.94. The Kier molecular flexibility index (Phi) is 9.02. The predicted molar refractivity (Wildman–Crippen MR) is 148 cm³/mol. The number of carbonyl (C=O) groups excluding carboxylic acids is 1.